The Morgan fingerprint density at radius 1 is 0.683 bits per heavy atom. The van der Waals surface area contributed by atoms with E-state index < -0.39 is 103 Å². The molecule has 0 amide bonds. The summed E-state index contributed by atoms with van der Waals surface area (Å²) in [6, 6.07) is 37.0. The van der Waals surface area contributed by atoms with Crippen LogP contribution in [0, 0.1) is 0 Å². The van der Waals surface area contributed by atoms with Crippen molar-refractivity contribution in [2.24, 2.45) is 5.73 Å². The number of aliphatic hydroxyl groups is 3. The van der Waals surface area contributed by atoms with Crippen molar-refractivity contribution in [2.75, 3.05) is 34.1 Å². The predicted octanol–water partition coefficient (Wildman–Crippen LogP) is 4.47. The maximum atomic E-state index is 13.6. The van der Waals surface area contributed by atoms with Crippen LogP contribution in [-0.2, 0) is 39.8 Å². The average Bonchev–Trinajstić information content (AvgIpc) is 1.66. The Morgan fingerprint density at radius 3 is 1.73 bits per heavy atom. The number of phenolic OH excluding ortho intramolecular Hbond substituents is 2. The minimum Gasteiger partial charge on any atom is -1.00 e. The number of aromatic hydroxyl groups is 2. The molecule has 9 rings (SSSR count). The van der Waals surface area contributed by atoms with Crippen molar-refractivity contribution in [1.82, 2.24) is 0 Å². The van der Waals surface area contributed by atoms with Gasteiger partial charge in [0.05, 0.1) is 62.5 Å². The molecule has 0 saturated carbocycles. The number of fused-ring (bicyclic) bond motifs is 3. The summed E-state index contributed by atoms with van der Waals surface area (Å²) >= 11 is 0. The Bertz CT molecular complexity index is 3100. The predicted molar refractivity (Wildman–Crippen MR) is 307 cm³/mol. The first kappa shape index (κ1) is 63.2. The Balaban J connectivity index is 0.000000234. The van der Waals surface area contributed by atoms with Gasteiger partial charge in [-0.1, -0.05) is 98.8 Å². The maximum Gasteiger partial charge on any atom is 0.228 e. The van der Waals surface area contributed by atoms with E-state index in [1.807, 2.05) is 0 Å². The summed E-state index contributed by atoms with van der Waals surface area (Å²) in [5.74, 6) is -4.20. The van der Waals surface area contributed by atoms with Gasteiger partial charge in [-0.3, -0.25) is 24.0 Å². The van der Waals surface area contributed by atoms with Crippen molar-refractivity contribution in [3.8, 4) is 17.2 Å². The molecular formula is C64H73BrNO15P. The van der Waals surface area contributed by atoms with Crippen LogP contribution in [0.25, 0.3) is 0 Å². The zero-order chi connectivity index (χ0) is 58.2. The van der Waals surface area contributed by atoms with E-state index >= 15 is 0 Å². The van der Waals surface area contributed by atoms with Crippen LogP contribution in [-0.4, -0.2) is 119 Å². The van der Waals surface area contributed by atoms with Gasteiger partial charge in [0, 0.05) is 53.1 Å². The standard InChI is InChI=1S/C37H44O4P.C27H29NO11.BrH/c1-29-33(35(39)37(41-3)36(40-2)34(29)38)27-19-8-6-4-5-7-9-20-28-42(30-21-13-10-14-22-30,31-23-15-11-16-24-31)32-25-17-12-18-26-32;1-10-22(31)13(28)6-17(38-10)39-15-8-27(36,16(30)9-29)7-12-19(15)26(35)21-20(24(12)33)23(32)11-4-3-5-14(37-2)18(11)25(21)34;/h10-18,21-26H,4-9,19-20,27-28H2,1-3H3;3-5,10,13,15,17,22,29,31,33,35-36H,6-9,28H2,1-2H3;1H/q+1;;/p-1/t;10-,13-,15-,17-,22+,27-;/m.0./s1. The third-order valence-electron chi connectivity index (χ3n) is 16.2. The molecule has 0 spiro atoms. The molecule has 0 unspecified atom stereocenters. The van der Waals surface area contributed by atoms with E-state index in [2.05, 4.69) is 91.0 Å². The van der Waals surface area contributed by atoms with Crippen molar-refractivity contribution in [2.45, 2.75) is 127 Å². The van der Waals surface area contributed by atoms with E-state index in [1.165, 1.54) is 93.7 Å². The van der Waals surface area contributed by atoms with E-state index in [4.69, 9.17) is 29.4 Å². The topological polar surface area (TPSA) is 259 Å². The second-order valence-electron chi connectivity index (χ2n) is 21.1. The second kappa shape index (κ2) is 27.8. The minimum absolute atomic E-state index is 0. The van der Waals surface area contributed by atoms with Gasteiger partial charge in [-0.15, -0.1) is 0 Å². The normalized spacial score (nSPS) is 21.4. The summed E-state index contributed by atoms with van der Waals surface area (Å²) < 4.78 is 27.3. The number of hydrogen-bond acceptors (Lipinski definition) is 16. The number of unbranched alkanes of at least 4 members (excludes halogenated alkanes) is 7. The van der Waals surface area contributed by atoms with Gasteiger partial charge in [-0.2, -0.15) is 0 Å². The molecule has 3 aliphatic carbocycles. The van der Waals surface area contributed by atoms with Gasteiger partial charge in [0.25, 0.3) is 0 Å². The molecule has 82 heavy (non-hydrogen) atoms. The number of hydrogen-bond donors (Lipinski definition) is 6. The number of phenols is 2. The number of Topliss-reactive ketones (excluding diaryl/α,β-unsaturated/α-hetero) is 3. The number of benzene rings is 5. The summed E-state index contributed by atoms with van der Waals surface area (Å²) in [6.07, 6.45) is 5.81. The Kier molecular flexibility index (Phi) is 21.4. The highest BCUT2D eigenvalue weighted by molar-refractivity contribution is 7.95. The monoisotopic (exact) mass is 1210 g/mol. The van der Waals surface area contributed by atoms with Gasteiger partial charge in [-0.25, -0.2) is 0 Å². The van der Waals surface area contributed by atoms with Crippen LogP contribution < -0.4 is 43.4 Å². The van der Waals surface area contributed by atoms with Crippen LogP contribution in [0.1, 0.15) is 134 Å². The number of rotatable bonds is 21. The first-order chi connectivity index (χ1) is 39.0. The van der Waals surface area contributed by atoms with Crippen molar-refractivity contribution >= 4 is 52.1 Å². The summed E-state index contributed by atoms with van der Waals surface area (Å²) in [5.41, 5.74) is 3.43. The molecule has 4 aliphatic rings. The van der Waals surface area contributed by atoms with E-state index in [-0.39, 0.29) is 74.5 Å². The lowest BCUT2D eigenvalue weighted by Crippen LogP contribution is -3.00. The largest absolute Gasteiger partial charge is 1.00 e. The van der Waals surface area contributed by atoms with Gasteiger partial charge >= 0.3 is 0 Å². The maximum absolute atomic E-state index is 13.6. The molecule has 1 heterocycles. The Labute approximate surface area is 489 Å². The van der Waals surface area contributed by atoms with E-state index in [0.29, 0.717) is 17.6 Å². The molecule has 7 N–H and O–H groups in total. The van der Waals surface area contributed by atoms with Gasteiger partial charge in [0.1, 0.15) is 52.6 Å². The van der Waals surface area contributed by atoms with E-state index in [0.717, 1.165) is 19.3 Å². The van der Waals surface area contributed by atoms with Crippen LogP contribution in [0.15, 0.2) is 132 Å². The van der Waals surface area contributed by atoms with Crippen LogP contribution in [0.2, 0.25) is 0 Å². The van der Waals surface area contributed by atoms with Crippen LogP contribution in [0.5, 0.6) is 17.2 Å². The molecule has 0 aromatic heterocycles. The fourth-order valence-electron chi connectivity index (χ4n) is 11.8. The van der Waals surface area contributed by atoms with Crippen molar-refractivity contribution in [1.29, 1.82) is 0 Å². The highest BCUT2D eigenvalue weighted by Gasteiger charge is 2.51. The number of ether oxygens (including phenoxy) is 5. The quantitative estimate of drug-likeness (QED) is 0.0252. The molecule has 18 heteroatoms. The van der Waals surface area contributed by atoms with Gasteiger partial charge < -0.3 is 71.9 Å². The molecule has 1 saturated heterocycles. The summed E-state index contributed by atoms with van der Waals surface area (Å²) in [7, 11) is 2.38. The zero-order valence-corrected chi connectivity index (χ0v) is 49.4. The highest BCUT2D eigenvalue weighted by atomic mass is 79.9. The van der Waals surface area contributed by atoms with Crippen LogP contribution >= 0.6 is 7.26 Å². The molecule has 0 radical (unpaired) electrons. The van der Waals surface area contributed by atoms with Crippen molar-refractivity contribution < 1.29 is 90.2 Å². The highest BCUT2D eigenvalue weighted by Crippen LogP contribution is 2.56. The number of aliphatic hydroxyl groups excluding tert-OH is 2. The second-order valence-corrected chi connectivity index (χ2v) is 24.7. The number of halogens is 1. The average molecular weight is 1210 g/mol. The fraction of sp³-hybridized carbons (Fsp3) is 0.391. The third kappa shape index (κ3) is 12.6. The van der Waals surface area contributed by atoms with Crippen LogP contribution in [0.3, 0.4) is 0 Å². The van der Waals surface area contributed by atoms with Gasteiger partial charge in [0.15, 0.2) is 17.9 Å². The number of nitrogens with two attached hydrogens (primary N) is 1. The number of methoxy groups -OCH3 is 3. The molecule has 5 aromatic carbocycles. The molecule has 436 valence electrons. The molecule has 0 bridgehead atoms. The lowest BCUT2D eigenvalue weighted by molar-refractivity contribution is -0.247. The Hall–Kier alpha value is -6.40. The summed E-state index contributed by atoms with van der Waals surface area (Å²) in [4.78, 5) is 65.1. The SMILES string of the molecule is COC1=C(OC)C(=O)C(CCCCCCCCCC[P+](c2ccccc2)(c2ccccc2)c2ccccc2)=C(C)C1=O.COc1cccc2c1C(=O)c1c(O)c3c(c(O)c1C2=O)C[C@@](O)(C(=O)CO)C[C@@H]3O[C@H]1C[C@H](N)[C@H](O)[C@H](C)O1.[Br-]. The van der Waals surface area contributed by atoms with Crippen molar-refractivity contribution in [3.63, 3.8) is 0 Å². The Morgan fingerprint density at radius 2 is 1.21 bits per heavy atom. The molecule has 16 nitrogen and oxygen atoms in total. The zero-order valence-electron chi connectivity index (χ0n) is 46.9. The minimum atomic E-state index is -2.24. The number of carbonyl (C=O) groups is 5. The van der Waals surface area contributed by atoms with E-state index in [9.17, 15) is 49.5 Å². The smallest absolute Gasteiger partial charge is 0.228 e. The first-order valence-corrected chi connectivity index (χ1v) is 29.6. The van der Waals surface area contributed by atoms with Crippen LogP contribution in [0.4, 0.5) is 0 Å². The summed E-state index contributed by atoms with van der Waals surface area (Å²) in [5, 5.41) is 58.1. The number of carbonyl (C=O) groups excluding carboxylic acids is 5. The molecule has 6 atom stereocenters. The lowest BCUT2D eigenvalue weighted by atomic mass is 9.72. The third-order valence-corrected chi connectivity index (χ3v) is 20.7. The van der Waals surface area contributed by atoms with Crippen molar-refractivity contribution in [3.05, 3.63) is 165 Å². The number of ketones is 5. The van der Waals surface area contributed by atoms with Gasteiger partial charge in [-0.05, 0) is 82.0 Å². The molecule has 1 aliphatic heterocycles. The molecule has 1 fully saturated rings. The molecule has 5 aromatic rings. The molecular weight excluding hydrogens is 1130 g/mol. The fourth-order valence-corrected chi connectivity index (χ4v) is 16.2. The van der Waals surface area contributed by atoms with Gasteiger partial charge in [0.2, 0.25) is 28.9 Å². The first-order valence-electron chi connectivity index (χ1n) is 27.6. The lowest BCUT2D eigenvalue weighted by Gasteiger charge is -2.42. The summed E-state index contributed by atoms with van der Waals surface area (Å²) in [6.45, 7) is 2.27. The number of allylic oxidation sites excluding steroid dienone is 2. The van der Waals surface area contributed by atoms with E-state index in [1.54, 1.807) is 13.8 Å².